The van der Waals surface area contributed by atoms with Crippen molar-refractivity contribution in [3.8, 4) is 23.0 Å². The van der Waals surface area contributed by atoms with E-state index in [1.54, 1.807) is 36.4 Å². The van der Waals surface area contributed by atoms with Crippen molar-refractivity contribution >= 4 is 34.9 Å². The van der Waals surface area contributed by atoms with Gasteiger partial charge in [-0.25, -0.2) is 0 Å². The maximum absolute atomic E-state index is 14.2. The molecule has 3 aromatic rings. The molecule has 0 aliphatic carbocycles. The van der Waals surface area contributed by atoms with Crippen LogP contribution in [0.4, 0.5) is 24.5 Å². The van der Waals surface area contributed by atoms with E-state index in [2.05, 4.69) is 10.1 Å². The lowest BCUT2D eigenvalue weighted by Gasteiger charge is -2.27. The highest BCUT2D eigenvalue weighted by Crippen LogP contribution is 2.39. The Morgan fingerprint density at radius 2 is 1.79 bits per heavy atom. The highest BCUT2D eigenvalue weighted by atomic mass is 35.5. The second-order valence-corrected chi connectivity index (χ2v) is 9.72. The zero-order valence-electron chi connectivity index (χ0n) is 22.7. The van der Waals surface area contributed by atoms with Crippen LogP contribution in [0.1, 0.15) is 30.0 Å². The number of ether oxygens (including phenoxy) is 4. The number of carboxylic acids is 1. The van der Waals surface area contributed by atoms with Gasteiger partial charge in [0.15, 0.2) is 0 Å². The molecule has 0 spiro atoms. The number of aliphatic carboxylic acids is 1. The van der Waals surface area contributed by atoms with Crippen molar-refractivity contribution in [2.45, 2.75) is 31.7 Å². The van der Waals surface area contributed by atoms with Gasteiger partial charge in [-0.3, -0.25) is 9.59 Å². The van der Waals surface area contributed by atoms with Crippen molar-refractivity contribution in [2.24, 2.45) is 0 Å². The quantitative estimate of drug-likeness (QED) is 0.233. The first-order valence-electron chi connectivity index (χ1n) is 12.8. The van der Waals surface area contributed by atoms with Crippen LogP contribution in [-0.2, 0) is 16.0 Å². The molecule has 1 aliphatic heterocycles. The second kappa shape index (κ2) is 13.1. The smallest absolute Gasteiger partial charge is 0.497 e. The first-order chi connectivity index (χ1) is 20.0. The average molecular weight is 609 g/mol. The first kappa shape index (κ1) is 30.6. The number of benzene rings is 3. The lowest BCUT2D eigenvalue weighted by Crippen LogP contribution is -2.37. The Morgan fingerprint density at radius 1 is 1.02 bits per heavy atom. The van der Waals surface area contributed by atoms with E-state index in [9.17, 15) is 22.8 Å². The van der Waals surface area contributed by atoms with Crippen molar-refractivity contribution in [3.63, 3.8) is 0 Å². The molecule has 0 saturated heterocycles. The van der Waals surface area contributed by atoms with Crippen LogP contribution in [0.5, 0.6) is 23.0 Å². The van der Waals surface area contributed by atoms with Gasteiger partial charge in [0.1, 0.15) is 29.0 Å². The van der Waals surface area contributed by atoms with Crippen LogP contribution in [0, 0.1) is 0 Å². The minimum atomic E-state index is -4.89. The molecule has 1 atom stereocenters. The predicted octanol–water partition coefficient (Wildman–Crippen LogP) is 6.24. The van der Waals surface area contributed by atoms with Gasteiger partial charge in [0.25, 0.3) is 5.91 Å². The minimum absolute atomic E-state index is 0.0605. The maximum Gasteiger partial charge on any atom is 0.573 e. The number of halogens is 4. The molecule has 13 heteroatoms. The number of nitrogens with zero attached hydrogens (tertiary/aromatic N) is 1. The number of nitrogens with one attached hydrogen (secondary N) is 1. The van der Waals surface area contributed by atoms with Crippen LogP contribution < -0.4 is 29.2 Å². The van der Waals surface area contributed by atoms with Crippen molar-refractivity contribution in [3.05, 3.63) is 70.7 Å². The van der Waals surface area contributed by atoms with Crippen molar-refractivity contribution in [1.82, 2.24) is 0 Å². The Balaban J connectivity index is 1.70. The van der Waals surface area contributed by atoms with Crippen LogP contribution >= 0.6 is 11.6 Å². The number of methoxy groups -OCH3 is 2. The topological polar surface area (TPSA) is 107 Å². The maximum atomic E-state index is 14.2. The fourth-order valence-corrected chi connectivity index (χ4v) is 4.74. The van der Waals surface area contributed by atoms with Gasteiger partial charge in [0, 0.05) is 53.5 Å². The van der Waals surface area contributed by atoms with Gasteiger partial charge in [-0.15, -0.1) is 13.2 Å². The summed E-state index contributed by atoms with van der Waals surface area (Å²) < 4.78 is 59.4. The van der Waals surface area contributed by atoms with Crippen LogP contribution in [0.15, 0.2) is 54.6 Å². The van der Waals surface area contributed by atoms with Gasteiger partial charge in [-0.2, -0.15) is 0 Å². The zero-order valence-corrected chi connectivity index (χ0v) is 23.4. The number of carbonyl (C=O) groups excluding carboxylic acids is 1. The highest BCUT2D eigenvalue weighted by molar-refractivity contribution is 6.30. The number of fused-ring (bicyclic) bond motifs is 1. The third-order valence-electron chi connectivity index (χ3n) is 6.44. The zero-order chi connectivity index (χ0) is 30.4. The number of hydrogen-bond acceptors (Lipinski definition) is 7. The number of anilines is 2. The van der Waals surface area contributed by atoms with Gasteiger partial charge < -0.3 is 34.3 Å². The van der Waals surface area contributed by atoms with E-state index in [0.29, 0.717) is 51.2 Å². The third-order valence-corrected chi connectivity index (χ3v) is 6.67. The molecule has 224 valence electrons. The van der Waals surface area contributed by atoms with E-state index < -0.39 is 30.0 Å². The van der Waals surface area contributed by atoms with Crippen molar-refractivity contribution < 1.29 is 46.8 Å². The summed E-state index contributed by atoms with van der Waals surface area (Å²) in [5.41, 5.74) is 1.84. The van der Waals surface area contributed by atoms with Crippen LogP contribution in [0.3, 0.4) is 0 Å². The lowest BCUT2D eigenvalue weighted by atomic mass is 10.0. The van der Waals surface area contributed by atoms with Crippen LogP contribution in [-0.4, -0.2) is 50.7 Å². The predicted molar refractivity (Wildman–Crippen MR) is 149 cm³/mol. The van der Waals surface area contributed by atoms with Gasteiger partial charge in [0.05, 0.1) is 26.5 Å². The average Bonchev–Trinajstić information content (AvgIpc) is 3.36. The molecule has 42 heavy (non-hydrogen) atoms. The Bertz CT molecular complexity index is 1450. The van der Waals surface area contributed by atoms with Gasteiger partial charge >= 0.3 is 12.3 Å². The van der Waals surface area contributed by atoms with Crippen molar-refractivity contribution in [1.29, 1.82) is 0 Å². The molecule has 1 unspecified atom stereocenters. The molecule has 0 radical (unpaired) electrons. The Labute approximate surface area is 244 Å². The lowest BCUT2D eigenvalue weighted by molar-refractivity contribution is -0.274. The minimum Gasteiger partial charge on any atom is -0.497 e. The number of amides is 1. The van der Waals surface area contributed by atoms with Gasteiger partial charge in [-0.1, -0.05) is 23.7 Å². The number of rotatable bonds is 12. The van der Waals surface area contributed by atoms with Crippen LogP contribution in [0.2, 0.25) is 5.02 Å². The SMILES string of the molecule is COc1cc(NC(C(=O)N2CCc3ccc(OC(F)(F)F)cc32)c2ccc(Cl)cc2OC)cc(OCCCC(=O)O)c1. The molecule has 0 fully saturated rings. The molecule has 9 nitrogen and oxygen atoms in total. The summed E-state index contributed by atoms with van der Waals surface area (Å²) in [6.45, 7) is 0.368. The summed E-state index contributed by atoms with van der Waals surface area (Å²) in [6, 6.07) is 12.5. The standard InChI is InChI=1S/C29H28ClF3N2O7/c1-39-21-13-19(14-22(15-21)41-11-3-4-26(36)37)34-27(23-8-6-18(30)12-25(23)40-2)28(38)35-10-9-17-5-7-20(16-24(17)35)42-29(31,32)33/h5-8,12-16,27,34H,3-4,9-11H2,1-2H3,(H,36,37). The van der Waals surface area contributed by atoms with E-state index in [1.165, 1.54) is 37.3 Å². The molecule has 0 saturated carbocycles. The number of carbonyl (C=O) groups is 2. The third kappa shape index (κ3) is 7.69. The molecule has 0 bridgehead atoms. The van der Waals surface area contributed by atoms with Crippen molar-refractivity contribution in [2.75, 3.05) is 37.6 Å². The molecule has 1 aliphatic rings. The normalized spacial score (nSPS) is 13.2. The largest absolute Gasteiger partial charge is 0.573 e. The molecule has 1 amide bonds. The van der Waals surface area contributed by atoms with E-state index in [0.717, 1.165) is 0 Å². The fraction of sp³-hybridized carbons (Fsp3) is 0.310. The second-order valence-electron chi connectivity index (χ2n) is 9.28. The molecular formula is C29H28ClF3N2O7. The monoisotopic (exact) mass is 608 g/mol. The number of alkyl halides is 3. The number of hydrogen-bond donors (Lipinski definition) is 2. The molecule has 2 N–H and O–H groups in total. The molecule has 4 rings (SSSR count). The van der Waals surface area contributed by atoms with E-state index >= 15 is 0 Å². The molecular weight excluding hydrogens is 581 g/mol. The molecule has 0 aromatic heterocycles. The fourth-order valence-electron chi connectivity index (χ4n) is 4.57. The summed E-state index contributed by atoms with van der Waals surface area (Å²) in [4.78, 5) is 26.4. The first-order valence-corrected chi connectivity index (χ1v) is 13.2. The Morgan fingerprint density at radius 3 is 2.48 bits per heavy atom. The summed E-state index contributed by atoms with van der Waals surface area (Å²) in [7, 11) is 2.89. The van der Waals surface area contributed by atoms with E-state index in [4.69, 9.17) is 30.9 Å². The summed E-state index contributed by atoms with van der Waals surface area (Å²) in [5, 5.41) is 12.4. The van der Waals surface area contributed by atoms with E-state index in [-0.39, 0.29) is 26.0 Å². The van der Waals surface area contributed by atoms with E-state index in [1.807, 2.05) is 0 Å². The Hall–Kier alpha value is -4.32. The molecule has 1 heterocycles. The highest BCUT2D eigenvalue weighted by Gasteiger charge is 2.35. The summed E-state index contributed by atoms with van der Waals surface area (Å²) >= 11 is 6.17. The summed E-state index contributed by atoms with van der Waals surface area (Å²) in [6.07, 6.45) is -4.23. The van der Waals surface area contributed by atoms with Crippen LogP contribution in [0.25, 0.3) is 0 Å². The van der Waals surface area contributed by atoms with Gasteiger partial charge in [0.2, 0.25) is 0 Å². The summed E-state index contributed by atoms with van der Waals surface area (Å²) in [5.74, 6) is -0.752. The molecule has 3 aromatic carbocycles. The van der Waals surface area contributed by atoms with Gasteiger partial charge in [-0.05, 0) is 36.6 Å². The number of carboxylic acid groups (broad SMARTS) is 1. The Kier molecular flexibility index (Phi) is 9.56.